The van der Waals surface area contributed by atoms with E-state index in [4.69, 9.17) is 9.47 Å². The third-order valence-electron chi connectivity index (χ3n) is 4.71. The molecule has 0 atom stereocenters. The molecule has 0 saturated heterocycles. The standard InChI is InChI=1S/C22H15BrO4/c1-26-17-11-16(22(27-2)15-10-6-3-7-12(15)17)18-19(23)21(25)14-9-5-4-8-13(14)20(18)24/h3-11H,1-2H3. The Morgan fingerprint density at radius 3 is 1.96 bits per heavy atom. The summed E-state index contributed by atoms with van der Waals surface area (Å²) in [5, 5.41) is 1.67. The van der Waals surface area contributed by atoms with Gasteiger partial charge in [0.2, 0.25) is 5.78 Å². The number of hydrogen-bond donors (Lipinski definition) is 0. The first-order valence-electron chi connectivity index (χ1n) is 8.30. The van der Waals surface area contributed by atoms with Crippen LogP contribution in [0.15, 0.2) is 59.1 Å². The van der Waals surface area contributed by atoms with Crippen LogP contribution in [0.3, 0.4) is 0 Å². The van der Waals surface area contributed by atoms with E-state index in [1.165, 1.54) is 0 Å². The number of ketones is 2. The second kappa shape index (κ2) is 6.67. The van der Waals surface area contributed by atoms with E-state index >= 15 is 0 Å². The molecular formula is C22H15BrO4. The monoisotopic (exact) mass is 422 g/mol. The van der Waals surface area contributed by atoms with E-state index in [0.29, 0.717) is 28.2 Å². The fourth-order valence-corrected chi connectivity index (χ4v) is 4.08. The van der Waals surface area contributed by atoms with Crippen LogP contribution in [0.4, 0.5) is 0 Å². The number of carbonyl (C=O) groups excluding carboxylic acids is 2. The summed E-state index contributed by atoms with van der Waals surface area (Å²) in [4.78, 5) is 26.1. The average molecular weight is 423 g/mol. The average Bonchev–Trinajstić information content (AvgIpc) is 2.71. The minimum Gasteiger partial charge on any atom is -0.496 e. The molecular weight excluding hydrogens is 408 g/mol. The summed E-state index contributed by atoms with van der Waals surface area (Å²) in [6.07, 6.45) is 0. The number of halogens is 1. The molecule has 27 heavy (non-hydrogen) atoms. The van der Waals surface area contributed by atoms with Crippen molar-refractivity contribution in [1.29, 1.82) is 0 Å². The Bertz CT molecular complexity index is 1140. The molecule has 4 rings (SSSR count). The Labute approximate surface area is 164 Å². The molecule has 0 aliphatic heterocycles. The van der Waals surface area contributed by atoms with E-state index in [1.807, 2.05) is 24.3 Å². The minimum absolute atomic E-state index is 0.224. The van der Waals surface area contributed by atoms with Gasteiger partial charge in [-0.05, 0) is 22.0 Å². The molecule has 0 radical (unpaired) electrons. The van der Waals surface area contributed by atoms with Gasteiger partial charge in [0, 0.05) is 27.5 Å². The van der Waals surface area contributed by atoms with Crippen LogP contribution in [0.5, 0.6) is 11.5 Å². The normalized spacial score (nSPS) is 13.7. The molecule has 134 valence electrons. The van der Waals surface area contributed by atoms with E-state index < -0.39 is 0 Å². The van der Waals surface area contributed by atoms with Crippen molar-refractivity contribution in [1.82, 2.24) is 0 Å². The highest BCUT2D eigenvalue weighted by Gasteiger charge is 2.33. The first-order chi connectivity index (χ1) is 13.1. The fraction of sp³-hybridized carbons (Fsp3) is 0.0909. The van der Waals surface area contributed by atoms with Crippen LogP contribution < -0.4 is 9.47 Å². The van der Waals surface area contributed by atoms with Crippen LogP contribution in [0.1, 0.15) is 26.3 Å². The molecule has 0 saturated carbocycles. The largest absolute Gasteiger partial charge is 0.496 e. The summed E-state index contributed by atoms with van der Waals surface area (Å²) >= 11 is 3.35. The number of ether oxygens (including phenoxy) is 2. The number of rotatable bonds is 3. The van der Waals surface area contributed by atoms with Crippen LogP contribution in [-0.4, -0.2) is 25.8 Å². The van der Waals surface area contributed by atoms with Gasteiger partial charge in [0.1, 0.15) is 11.5 Å². The number of allylic oxidation sites excluding steroid dienone is 2. The van der Waals surface area contributed by atoms with Crippen LogP contribution in [0.2, 0.25) is 0 Å². The third kappa shape index (κ3) is 2.58. The first kappa shape index (κ1) is 17.5. The van der Waals surface area contributed by atoms with Crippen molar-refractivity contribution in [2.24, 2.45) is 0 Å². The number of benzene rings is 3. The first-order valence-corrected chi connectivity index (χ1v) is 9.10. The predicted octanol–water partition coefficient (Wildman–Crippen LogP) is 5.04. The molecule has 0 fully saturated rings. The van der Waals surface area contributed by atoms with Gasteiger partial charge >= 0.3 is 0 Å². The van der Waals surface area contributed by atoms with Crippen molar-refractivity contribution >= 4 is 43.8 Å². The summed E-state index contributed by atoms with van der Waals surface area (Å²) in [5.41, 5.74) is 1.58. The summed E-state index contributed by atoms with van der Waals surface area (Å²) < 4.78 is 11.4. The zero-order valence-electron chi connectivity index (χ0n) is 14.7. The number of methoxy groups -OCH3 is 2. The van der Waals surface area contributed by atoms with Gasteiger partial charge in [-0.2, -0.15) is 0 Å². The lowest BCUT2D eigenvalue weighted by atomic mass is 9.85. The van der Waals surface area contributed by atoms with Gasteiger partial charge in [-0.3, -0.25) is 9.59 Å². The second-order valence-electron chi connectivity index (χ2n) is 6.10. The lowest BCUT2D eigenvalue weighted by Crippen LogP contribution is -2.19. The quantitative estimate of drug-likeness (QED) is 0.592. The SMILES string of the molecule is COc1cc(C2=C(Br)C(=O)c3ccccc3C2=O)c(OC)c2ccccc12. The van der Waals surface area contributed by atoms with Gasteiger partial charge in [0.05, 0.1) is 24.3 Å². The summed E-state index contributed by atoms with van der Waals surface area (Å²) in [7, 11) is 3.12. The van der Waals surface area contributed by atoms with E-state index in [1.54, 1.807) is 44.6 Å². The fourth-order valence-electron chi connectivity index (χ4n) is 3.48. The molecule has 0 heterocycles. The summed E-state index contributed by atoms with van der Waals surface area (Å²) in [6, 6.07) is 16.2. The number of fused-ring (bicyclic) bond motifs is 2. The van der Waals surface area contributed by atoms with Gasteiger partial charge in [0.25, 0.3) is 0 Å². The van der Waals surface area contributed by atoms with Crippen molar-refractivity contribution in [3.63, 3.8) is 0 Å². The van der Waals surface area contributed by atoms with Gasteiger partial charge < -0.3 is 9.47 Å². The Morgan fingerprint density at radius 2 is 1.33 bits per heavy atom. The van der Waals surface area contributed by atoms with Crippen LogP contribution >= 0.6 is 15.9 Å². The van der Waals surface area contributed by atoms with Crippen molar-refractivity contribution < 1.29 is 19.1 Å². The molecule has 3 aromatic rings. The van der Waals surface area contributed by atoms with E-state index in [-0.39, 0.29) is 21.6 Å². The molecule has 1 aliphatic rings. The molecule has 0 aromatic heterocycles. The van der Waals surface area contributed by atoms with Gasteiger partial charge in [-0.1, -0.05) is 48.5 Å². The number of carbonyl (C=O) groups is 2. The number of hydrogen-bond acceptors (Lipinski definition) is 4. The van der Waals surface area contributed by atoms with Crippen molar-refractivity contribution in [2.75, 3.05) is 14.2 Å². The van der Waals surface area contributed by atoms with Gasteiger partial charge in [-0.25, -0.2) is 0 Å². The highest BCUT2D eigenvalue weighted by Crippen LogP contribution is 2.44. The van der Waals surface area contributed by atoms with Gasteiger partial charge in [0.15, 0.2) is 5.78 Å². The van der Waals surface area contributed by atoms with Crippen LogP contribution in [-0.2, 0) is 0 Å². The molecule has 0 amide bonds. The molecule has 5 heteroatoms. The topological polar surface area (TPSA) is 52.6 Å². The summed E-state index contributed by atoms with van der Waals surface area (Å²) in [5.74, 6) is 0.675. The highest BCUT2D eigenvalue weighted by molar-refractivity contribution is 9.12. The Hall–Kier alpha value is -2.92. The molecule has 0 bridgehead atoms. The van der Waals surface area contributed by atoms with E-state index in [9.17, 15) is 9.59 Å². The maximum atomic E-state index is 13.2. The minimum atomic E-state index is -0.229. The molecule has 0 spiro atoms. The lowest BCUT2D eigenvalue weighted by molar-refractivity contribution is 0.0999. The molecule has 1 aliphatic carbocycles. The van der Waals surface area contributed by atoms with Crippen LogP contribution in [0.25, 0.3) is 16.3 Å². The Balaban J connectivity index is 2.07. The number of Topliss-reactive ketones (excluding diaryl/α,β-unsaturated/α-hetero) is 2. The van der Waals surface area contributed by atoms with E-state index in [2.05, 4.69) is 15.9 Å². The predicted molar refractivity (Wildman–Crippen MR) is 108 cm³/mol. The molecule has 4 nitrogen and oxygen atoms in total. The highest BCUT2D eigenvalue weighted by atomic mass is 79.9. The zero-order valence-corrected chi connectivity index (χ0v) is 16.3. The maximum Gasteiger partial charge on any atom is 0.201 e. The van der Waals surface area contributed by atoms with Crippen molar-refractivity contribution in [3.05, 3.63) is 75.8 Å². The molecule has 3 aromatic carbocycles. The van der Waals surface area contributed by atoms with Crippen molar-refractivity contribution in [3.8, 4) is 11.5 Å². The summed E-state index contributed by atoms with van der Waals surface area (Å²) in [6.45, 7) is 0. The third-order valence-corrected chi connectivity index (χ3v) is 5.47. The Morgan fingerprint density at radius 1 is 0.741 bits per heavy atom. The second-order valence-corrected chi connectivity index (χ2v) is 6.89. The molecule has 0 unspecified atom stereocenters. The van der Waals surface area contributed by atoms with Crippen LogP contribution in [0, 0.1) is 0 Å². The Kier molecular flexibility index (Phi) is 4.32. The van der Waals surface area contributed by atoms with Gasteiger partial charge in [-0.15, -0.1) is 0 Å². The zero-order chi connectivity index (χ0) is 19.1. The lowest BCUT2D eigenvalue weighted by Gasteiger charge is -2.21. The maximum absolute atomic E-state index is 13.2. The van der Waals surface area contributed by atoms with E-state index in [0.717, 1.165) is 10.8 Å². The van der Waals surface area contributed by atoms with Crippen molar-refractivity contribution in [2.45, 2.75) is 0 Å². The smallest absolute Gasteiger partial charge is 0.201 e. The molecule has 0 N–H and O–H groups in total.